The van der Waals surface area contributed by atoms with Crippen LogP contribution in [0, 0.1) is 20.2 Å². The Kier molecular flexibility index (Phi) is 7.03. The first-order valence-corrected chi connectivity index (χ1v) is 10.1. The molecule has 0 aromatic heterocycles. The number of nitro groups is 2. The Morgan fingerprint density at radius 1 is 1.12 bits per heavy atom. The molecule has 2 amide bonds. The van der Waals surface area contributed by atoms with E-state index in [0.29, 0.717) is 17.3 Å². The van der Waals surface area contributed by atoms with E-state index in [4.69, 9.17) is 9.47 Å². The normalized spacial score (nSPS) is 14.5. The molecular weight excluding hydrogens is 458 g/mol. The van der Waals surface area contributed by atoms with Crippen molar-refractivity contribution in [1.29, 1.82) is 0 Å². The van der Waals surface area contributed by atoms with Crippen LogP contribution in [0.25, 0.3) is 6.08 Å². The molecular formula is C20H15N3O9S. The van der Waals surface area contributed by atoms with Crippen LogP contribution in [0.3, 0.4) is 0 Å². The van der Waals surface area contributed by atoms with Gasteiger partial charge in [-0.1, -0.05) is 12.1 Å². The third-order valence-electron chi connectivity index (χ3n) is 4.20. The molecule has 13 heteroatoms. The molecule has 1 fully saturated rings. The highest BCUT2D eigenvalue weighted by Gasteiger charge is 2.36. The van der Waals surface area contributed by atoms with Gasteiger partial charge in [0.15, 0.2) is 0 Å². The van der Waals surface area contributed by atoms with Crippen LogP contribution < -0.4 is 4.74 Å². The molecule has 1 aliphatic rings. The molecule has 1 heterocycles. The van der Waals surface area contributed by atoms with Gasteiger partial charge in [-0.2, -0.15) is 0 Å². The van der Waals surface area contributed by atoms with E-state index in [1.165, 1.54) is 18.2 Å². The van der Waals surface area contributed by atoms with E-state index in [0.717, 1.165) is 23.1 Å². The van der Waals surface area contributed by atoms with Gasteiger partial charge in [0.1, 0.15) is 12.3 Å². The van der Waals surface area contributed by atoms with Crippen molar-refractivity contribution in [1.82, 2.24) is 4.90 Å². The zero-order valence-corrected chi connectivity index (χ0v) is 17.8. The van der Waals surface area contributed by atoms with Gasteiger partial charge in [-0.05, 0) is 48.5 Å². The van der Waals surface area contributed by atoms with Crippen molar-refractivity contribution < 1.29 is 33.7 Å². The first-order chi connectivity index (χ1) is 15.7. The van der Waals surface area contributed by atoms with Crippen LogP contribution in [0.2, 0.25) is 0 Å². The number of carbonyl (C=O) groups is 3. The highest BCUT2D eigenvalue weighted by molar-refractivity contribution is 8.18. The van der Waals surface area contributed by atoms with Gasteiger partial charge >= 0.3 is 11.7 Å². The maximum absolute atomic E-state index is 12.5. The molecule has 33 heavy (non-hydrogen) atoms. The summed E-state index contributed by atoms with van der Waals surface area (Å²) < 4.78 is 10.3. The molecule has 170 valence electrons. The Morgan fingerprint density at radius 3 is 2.55 bits per heavy atom. The summed E-state index contributed by atoms with van der Waals surface area (Å²) in [6.45, 7) is 1.22. The van der Waals surface area contributed by atoms with Crippen LogP contribution in [0.4, 0.5) is 16.2 Å². The SMILES string of the molecule is CCOC(=O)CN1C(=O)S/C(=C/c2cccc(Oc3ccc([N+](=O)[O-])cc3[N+](=O)[O-])c2)C1=O. The summed E-state index contributed by atoms with van der Waals surface area (Å²) in [6.07, 6.45) is 1.41. The number of ether oxygens (including phenoxy) is 2. The molecule has 0 unspecified atom stereocenters. The van der Waals surface area contributed by atoms with Gasteiger partial charge in [-0.3, -0.25) is 39.5 Å². The van der Waals surface area contributed by atoms with Gasteiger partial charge < -0.3 is 9.47 Å². The number of carbonyl (C=O) groups excluding carboxylic acids is 3. The summed E-state index contributed by atoms with van der Waals surface area (Å²) in [7, 11) is 0. The lowest BCUT2D eigenvalue weighted by molar-refractivity contribution is -0.394. The van der Waals surface area contributed by atoms with E-state index in [-0.39, 0.29) is 23.0 Å². The second-order valence-electron chi connectivity index (χ2n) is 6.41. The molecule has 12 nitrogen and oxygen atoms in total. The van der Waals surface area contributed by atoms with Crippen LogP contribution in [-0.2, 0) is 14.3 Å². The molecule has 0 atom stereocenters. The van der Waals surface area contributed by atoms with E-state index >= 15 is 0 Å². The van der Waals surface area contributed by atoms with Crippen LogP contribution in [0.5, 0.6) is 11.5 Å². The number of rotatable bonds is 8. The zero-order valence-electron chi connectivity index (χ0n) is 17.0. The van der Waals surface area contributed by atoms with Crippen LogP contribution in [0.15, 0.2) is 47.4 Å². The van der Waals surface area contributed by atoms with Crippen molar-refractivity contribution in [3.63, 3.8) is 0 Å². The highest BCUT2D eigenvalue weighted by atomic mass is 32.2. The summed E-state index contributed by atoms with van der Waals surface area (Å²) in [5, 5.41) is 21.5. The molecule has 0 N–H and O–H groups in total. The number of nitrogens with zero attached hydrogens (tertiary/aromatic N) is 3. The second kappa shape index (κ2) is 9.91. The zero-order chi connectivity index (χ0) is 24.1. The molecule has 0 radical (unpaired) electrons. The minimum atomic E-state index is -0.800. The van der Waals surface area contributed by atoms with Crippen LogP contribution in [-0.4, -0.2) is 45.0 Å². The Hall–Kier alpha value is -4.26. The van der Waals surface area contributed by atoms with Crippen molar-refractivity contribution in [3.8, 4) is 11.5 Å². The minimum absolute atomic E-state index is 0.0720. The number of esters is 1. The van der Waals surface area contributed by atoms with Gasteiger partial charge in [0.05, 0.1) is 27.4 Å². The average molecular weight is 473 g/mol. The lowest BCUT2D eigenvalue weighted by Crippen LogP contribution is -2.34. The maximum Gasteiger partial charge on any atom is 0.326 e. The molecule has 2 aromatic rings. The molecule has 0 spiro atoms. The van der Waals surface area contributed by atoms with Gasteiger partial charge in [0.25, 0.3) is 16.8 Å². The summed E-state index contributed by atoms with van der Waals surface area (Å²) in [5.41, 5.74) is -0.602. The predicted octanol–water partition coefficient (Wildman–Crippen LogP) is 3.89. The Balaban J connectivity index is 1.82. The monoisotopic (exact) mass is 473 g/mol. The Morgan fingerprint density at radius 2 is 1.88 bits per heavy atom. The number of benzene rings is 2. The molecule has 1 saturated heterocycles. The number of hydrogen-bond donors (Lipinski definition) is 0. The predicted molar refractivity (Wildman–Crippen MR) is 116 cm³/mol. The fourth-order valence-electron chi connectivity index (χ4n) is 2.77. The molecule has 3 rings (SSSR count). The number of hydrogen-bond acceptors (Lipinski definition) is 10. The fourth-order valence-corrected chi connectivity index (χ4v) is 3.60. The van der Waals surface area contributed by atoms with Crippen molar-refractivity contribution in [2.45, 2.75) is 6.92 Å². The topological polar surface area (TPSA) is 159 Å². The van der Waals surface area contributed by atoms with Crippen molar-refractivity contribution in [3.05, 3.63) is 73.2 Å². The summed E-state index contributed by atoms with van der Waals surface area (Å²) >= 11 is 0.654. The Labute approximate surface area is 190 Å². The van der Waals surface area contributed by atoms with Crippen molar-refractivity contribution in [2.75, 3.05) is 13.2 Å². The largest absolute Gasteiger partial charge is 0.465 e. The summed E-state index contributed by atoms with van der Waals surface area (Å²) in [4.78, 5) is 57.6. The molecule has 0 bridgehead atoms. The van der Waals surface area contributed by atoms with Gasteiger partial charge in [-0.15, -0.1) is 0 Å². The van der Waals surface area contributed by atoms with Gasteiger partial charge in [0, 0.05) is 6.07 Å². The average Bonchev–Trinajstić information content (AvgIpc) is 3.01. The van der Waals surface area contributed by atoms with E-state index in [2.05, 4.69) is 0 Å². The minimum Gasteiger partial charge on any atom is -0.465 e. The van der Waals surface area contributed by atoms with E-state index in [1.54, 1.807) is 19.1 Å². The van der Waals surface area contributed by atoms with Gasteiger partial charge in [0.2, 0.25) is 5.75 Å². The third-order valence-corrected chi connectivity index (χ3v) is 5.11. The van der Waals surface area contributed by atoms with Crippen molar-refractivity contribution >= 4 is 46.3 Å². The smallest absolute Gasteiger partial charge is 0.326 e. The van der Waals surface area contributed by atoms with Crippen LogP contribution >= 0.6 is 11.8 Å². The van der Waals surface area contributed by atoms with E-state index in [9.17, 15) is 34.6 Å². The summed E-state index contributed by atoms with van der Waals surface area (Å²) in [6, 6.07) is 9.10. The van der Waals surface area contributed by atoms with Crippen molar-refractivity contribution in [2.24, 2.45) is 0 Å². The van der Waals surface area contributed by atoms with E-state index in [1.807, 2.05) is 0 Å². The Bertz CT molecular complexity index is 1200. The number of amides is 2. The number of non-ortho nitro benzene ring substituents is 1. The van der Waals surface area contributed by atoms with E-state index < -0.39 is 44.9 Å². The molecule has 2 aromatic carbocycles. The number of imide groups is 1. The lowest BCUT2D eigenvalue weighted by Gasteiger charge is -2.10. The standard InChI is InChI=1S/C20H15N3O9S/c1-2-31-18(24)11-21-19(25)17(33-20(21)26)9-12-4-3-5-14(8-12)32-16-7-6-13(22(27)28)10-15(16)23(29)30/h3-10H,2,11H2,1H3/b17-9+. The summed E-state index contributed by atoms with van der Waals surface area (Å²) in [5.74, 6) is -1.42. The molecule has 0 saturated carbocycles. The molecule has 1 aliphatic heterocycles. The van der Waals surface area contributed by atoms with Crippen LogP contribution in [0.1, 0.15) is 12.5 Å². The second-order valence-corrected chi connectivity index (χ2v) is 7.41. The van der Waals surface area contributed by atoms with Gasteiger partial charge in [-0.25, -0.2) is 0 Å². The lowest BCUT2D eigenvalue weighted by atomic mass is 10.2. The first-order valence-electron chi connectivity index (χ1n) is 9.31. The highest BCUT2D eigenvalue weighted by Crippen LogP contribution is 2.36. The number of thioether (sulfide) groups is 1. The quantitative estimate of drug-likeness (QED) is 0.238. The number of nitro benzene ring substituents is 2. The molecule has 0 aliphatic carbocycles. The fraction of sp³-hybridized carbons (Fsp3) is 0.150. The third kappa shape index (κ3) is 5.51. The maximum atomic E-state index is 12.5. The first kappa shape index (κ1) is 23.4.